The number of carbonyl (C=O) groups excluding carboxylic acids is 1. The lowest BCUT2D eigenvalue weighted by atomic mass is 9.82. The Morgan fingerprint density at radius 2 is 1.84 bits per heavy atom. The SMILES string of the molecule is C[C@]1(c2ccccc2)NC(=O)Nc2ccc(Cl)cc21. The lowest BCUT2D eigenvalue weighted by Crippen LogP contribution is -2.50. The molecule has 0 saturated heterocycles. The Hall–Kier alpha value is -2.00. The van der Waals surface area contributed by atoms with Gasteiger partial charge in [0.25, 0.3) is 0 Å². The van der Waals surface area contributed by atoms with Crippen LogP contribution in [0.5, 0.6) is 0 Å². The predicted molar refractivity (Wildman–Crippen MR) is 76.5 cm³/mol. The van der Waals surface area contributed by atoms with Crippen LogP contribution in [0.4, 0.5) is 10.5 Å². The van der Waals surface area contributed by atoms with Crippen LogP contribution < -0.4 is 10.6 Å². The second-order valence-corrected chi connectivity index (χ2v) is 5.20. The number of amides is 2. The van der Waals surface area contributed by atoms with Crippen LogP contribution in [0.15, 0.2) is 48.5 Å². The van der Waals surface area contributed by atoms with Crippen LogP contribution in [0.2, 0.25) is 5.02 Å². The fraction of sp³-hybridized carbons (Fsp3) is 0.133. The van der Waals surface area contributed by atoms with E-state index in [1.165, 1.54) is 0 Å². The Morgan fingerprint density at radius 1 is 1.11 bits per heavy atom. The van der Waals surface area contributed by atoms with Crippen LogP contribution >= 0.6 is 11.6 Å². The normalized spacial score (nSPS) is 21.3. The van der Waals surface area contributed by atoms with E-state index < -0.39 is 5.54 Å². The summed E-state index contributed by atoms with van der Waals surface area (Å²) in [5.41, 5.74) is 2.20. The Morgan fingerprint density at radius 3 is 2.58 bits per heavy atom. The topological polar surface area (TPSA) is 41.1 Å². The van der Waals surface area contributed by atoms with Gasteiger partial charge in [0.15, 0.2) is 0 Å². The van der Waals surface area contributed by atoms with Gasteiger partial charge in [0.1, 0.15) is 0 Å². The highest BCUT2D eigenvalue weighted by Crippen LogP contribution is 2.38. The molecule has 0 aliphatic carbocycles. The lowest BCUT2D eigenvalue weighted by molar-refractivity contribution is 0.242. The Labute approximate surface area is 116 Å². The van der Waals surface area contributed by atoms with Gasteiger partial charge in [-0.1, -0.05) is 41.9 Å². The van der Waals surface area contributed by atoms with Gasteiger partial charge in [0.05, 0.1) is 5.54 Å². The number of hydrogen-bond acceptors (Lipinski definition) is 1. The molecule has 1 aliphatic heterocycles. The lowest BCUT2D eigenvalue weighted by Gasteiger charge is -2.37. The summed E-state index contributed by atoms with van der Waals surface area (Å²) in [7, 11) is 0. The molecule has 0 spiro atoms. The molecule has 3 rings (SSSR count). The van der Waals surface area contributed by atoms with E-state index in [0.29, 0.717) is 5.02 Å². The third kappa shape index (κ3) is 1.96. The first-order valence-electron chi connectivity index (χ1n) is 6.04. The molecule has 2 aromatic rings. The number of rotatable bonds is 1. The Kier molecular flexibility index (Phi) is 2.72. The summed E-state index contributed by atoms with van der Waals surface area (Å²) >= 11 is 6.09. The Balaban J connectivity index is 2.23. The smallest absolute Gasteiger partial charge is 0.320 e. The zero-order valence-electron chi connectivity index (χ0n) is 10.4. The van der Waals surface area contributed by atoms with Gasteiger partial charge < -0.3 is 10.6 Å². The Bertz CT molecular complexity index is 642. The van der Waals surface area contributed by atoms with E-state index in [4.69, 9.17) is 11.6 Å². The minimum atomic E-state index is -0.580. The standard InChI is InChI=1S/C15H13ClN2O/c1-15(10-5-3-2-4-6-10)12-9-11(16)7-8-13(12)17-14(19)18-15/h2-9H,1H3,(H2,17,18,19)/t15-/m1/s1. The largest absolute Gasteiger partial charge is 0.324 e. The van der Waals surface area contributed by atoms with Crippen LogP contribution in [0.25, 0.3) is 0 Å². The van der Waals surface area contributed by atoms with Crippen molar-refractivity contribution in [1.29, 1.82) is 0 Å². The molecule has 0 radical (unpaired) electrons. The summed E-state index contributed by atoms with van der Waals surface area (Å²) in [6, 6.07) is 15.1. The first-order valence-corrected chi connectivity index (χ1v) is 6.42. The average molecular weight is 273 g/mol. The first-order chi connectivity index (χ1) is 9.09. The fourth-order valence-corrected chi connectivity index (χ4v) is 2.66. The van der Waals surface area contributed by atoms with Crippen molar-refractivity contribution in [2.24, 2.45) is 0 Å². The zero-order chi connectivity index (χ0) is 13.5. The van der Waals surface area contributed by atoms with Gasteiger partial charge in [-0.25, -0.2) is 4.79 Å². The van der Waals surface area contributed by atoms with Gasteiger partial charge in [0.2, 0.25) is 0 Å². The third-order valence-electron chi connectivity index (χ3n) is 3.48. The number of fused-ring (bicyclic) bond motifs is 1. The van der Waals surface area contributed by atoms with Crippen LogP contribution in [-0.4, -0.2) is 6.03 Å². The number of nitrogens with one attached hydrogen (secondary N) is 2. The van der Waals surface area contributed by atoms with Crippen LogP contribution in [0.1, 0.15) is 18.1 Å². The summed E-state index contributed by atoms with van der Waals surface area (Å²) in [5.74, 6) is 0. The van der Waals surface area contributed by atoms with Gasteiger partial charge >= 0.3 is 6.03 Å². The highest BCUT2D eigenvalue weighted by atomic mass is 35.5. The van der Waals surface area contributed by atoms with Crippen LogP contribution in [0.3, 0.4) is 0 Å². The third-order valence-corrected chi connectivity index (χ3v) is 3.72. The predicted octanol–water partition coefficient (Wildman–Crippen LogP) is 3.74. The molecule has 96 valence electrons. The minimum absolute atomic E-state index is 0.207. The molecule has 0 bridgehead atoms. The van der Waals surface area contributed by atoms with E-state index in [-0.39, 0.29) is 6.03 Å². The number of anilines is 1. The van der Waals surface area contributed by atoms with E-state index in [1.807, 2.05) is 49.4 Å². The molecule has 4 heteroatoms. The van der Waals surface area contributed by atoms with Crippen molar-refractivity contribution in [3.05, 3.63) is 64.7 Å². The van der Waals surface area contributed by atoms with E-state index in [2.05, 4.69) is 10.6 Å². The molecule has 1 atom stereocenters. The molecule has 2 aromatic carbocycles. The van der Waals surface area contributed by atoms with E-state index in [1.54, 1.807) is 6.07 Å². The van der Waals surface area contributed by atoms with E-state index in [0.717, 1.165) is 16.8 Å². The molecule has 0 aromatic heterocycles. The van der Waals surface area contributed by atoms with Gasteiger partial charge in [-0.3, -0.25) is 0 Å². The molecular weight excluding hydrogens is 260 g/mol. The highest BCUT2D eigenvalue weighted by molar-refractivity contribution is 6.30. The molecule has 0 unspecified atom stereocenters. The van der Waals surface area contributed by atoms with Crippen molar-refractivity contribution in [3.8, 4) is 0 Å². The zero-order valence-corrected chi connectivity index (χ0v) is 11.2. The second kappa shape index (κ2) is 4.28. The number of urea groups is 1. The summed E-state index contributed by atoms with van der Waals surface area (Å²) in [4.78, 5) is 11.8. The van der Waals surface area contributed by atoms with Crippen molar-refractivity contribution in [3.63, 3.8) is 0 Å². The molecule has 1 heterocycles. The van der Waals surface area contributed by atoms with E-state index >= 15 is 0 Å². The maximum Gasteiger partial charge on any atom is 0.320 e. The van der Waals surface area contributed by atoms with Gasteiger partial charge in [-0.15, -0.1) is 0 Å². The fourth-order valence-electron chi connectivity index (χ4n) is 2.49. The molecule has 3 nitrogen and oxygen atoms in total. The van der Waals surface area contributed by atoms with Crippen LogP contribution in [0, 0.1) is 0 Å². The molecular formula is C15H13ClN2O. The van der Waals surface area contributed by atoms with Gasteiger partial charge in [-0.2, -0.15) is 0 Å². The average Bonchev–Trinajstić information content (AvgIpc) is 2.41. The van der Waals surface area contributed by atoms with Gasteiger partial charge in [0, 0.05) is 16.3 Å². The van der Waals surface area contributed by atoms with Crippen molar-refractivity contribution in [2.45, 2.75) is 12.5 Å². The number of benzene rings is 2. The maximum atomic E-state index is 11.8. The first kappa shape index (κ1) is 12.1. The maximum absolute atomic E-state index is 11.8. The molecule has 2 N–H and O–H groups in total. The van der Waals surface area contributed by atoms with Crippen molar-refractivity contribution in [1.82, 2.24) is 5.32 Å². The quantitative estimate of drug-likeness (QED) is 0.816. The summed E-state index contributed by atoms with van der Waals surface area (Å²) in [6.07, 6.45) is 0. The van der Waals surface area contributed by atoms with Crippen molar-refractivity contribution in [2.75, 3.05) is 5.32 Å². The summed E-state index contributed by atoms with van der Waals surface area (Å²) < 4.78 is 0. The monoisotopic (exact) mass is 272 g/mol. The summed E-state index contributed by atoms with van der Waals surface area (Å²) in [5, 5.41) is 6.44. The molecule has 0 saturated carbocycles. The molecule has 1 aliphatic rings. The van der Waals surface area contributed by atoms with Crippen molar-refractivity contribution < 1.29 is 4.79 Å². The number of carbonyl (C=O) groups is 1. The van der Waals surface area contributed by atoms with Crippen molar-refractivity contribution >= 4 is 23.3 Å². The van der Waals surface area contributed by atoms with Crippen LogP contribution in [-0.2, 0) is 5.54 Å². The second-order valence-electron chi connectivity index (χ2n) is 4.76. The summed E-state index contributed by atoms with van der Waals surface area (Å²) in [6.45, 7) is 1.98. The number of halogens is 1. The molecule has 19 heavy (non-hydrogen) atoms. The van der Waals surface area contributed by atoms with Gasteiger partial charge in [-0.05, 0) is 30.7 Å². The minimum Gasteiger partial charge on any atom is -0.324 e. The highest BCUT2D eigenvalue weighted by Gasteiger charge is 2.36. The van der Waals surface area contributed by atoms with E-state index in [9.17, 15) is 4.79 Å². The molecule has 0 fully saturated rings. The number of hydrogen-bond donors (Lipinski definition) is 2. The molecule has 2 amide bonds.